The Morgan fingerprint density at radius 3 is 1.48 bits per heavy atom. The van der Waals surface area contributed by atoms with Gasteiger partial charge in [-0.15, -0.1) is 0 Å². The number of carbonyl (C=O) groups excluding carboxylic acids is 2. The summed E-state index contributed by atoms with van der Waals surface area (Å²) in [5.41, 5.74) is -1.00. The molecule has 0 amide bonds. The van der Waals surface area contributed by atoms with Gasteiger partial charge < -0.3 is 0 Å². The normalized spacial score (nSPS) is 11.6. The van der Waals surface area contributed by atoms with Crippen molar-refractivity contribution in [3.63, 3.8) is 0 Å². The van der Waals surface area contributed by atoms with Crippen LogP contribution >= 0.6 is 17.9 Å². The van der Waals surface area contributed by atoms with Crippen molar-refractivity contribution in [2.75, 3.05) is 0 Å². The molecule has 0 atom stereocenters. The second-order valence-electron chi connectivity index (χ2n) is 4.66. The van der Waals surface area contributed by atoms with E-state index in [1.807, 2.05) is 0 Å². The van der Waals surface area contributed by atoms with E-state index in [0.29, 0.717) is 0 Å². The molecule has 0 spiro atoms. The molecule has 0 N–H and O–H groups in total. The third kappa shape index (κ3) is 4.14. The van der Waals surface area contributed by atoms with Crippen molar-refractivity contribution in [2.24, 2.45) is 0 Å². The van der Waals surface area contributed by atoms with Crippen molar-refractivity contribution in [2.45, 2.75) is 0 Å². The fourth-order valence-corrected chi connectivity index (χ4v) is 7.16. The number of nitro groups is 2. The van der Waals surface area contributed by atoms with Gasteiger partial charge >= 0.3 is 152 Å². The molecule has 0 aromatic heterocycles. The third-order valence-corrected chi connectivity index (χ3v) is 10.8. The summed E-state index contributed by atoms with van der Waals surface area (Å²) >= 11 is -4.91. The number of carbonyl (C=O) groups is 2. The summed E-state index contributed by atoms with van der Waals surface area (Å²) in [5, 5.41) is 21.6. The van der Waals surface area contributed by atoms with Gasteiger partial charge in [0.2, 0.25) is 0 Å². The van der Waals surface area contributed by atoms with Crippen LogP contribution in [0.2, 0.25) is 0 Å². The van der Waals surface area contributed by atoms with Crippen LogP contribution < -0.4 is 0 Å². The summed E-state index contributed by atoms with van der Waals surface area (Å²) in [6.45, 7) is 0. The molecule has 8 nitrogen and oxygen atoms in total. The Labute approximate surface area is 151 Å². The van der Waals surface area contributed by atoms with Gasteiger partial charge in [0.25, 0.3) is 0 Å². The maximum atomic E-state index is 12.5. The Bertz CT molecular complexity index is 831. The molecular weight excluding hydrogens is 491 g/mol. The van der Waals surface area contributed by atoms with Crippen LogP contribution in [0.1, 0.15) is 20.7 Å². The third-order valence-electron chi connectivity index (χ3n) is 3.05. The van der Waals surface area contributed by atoms with E-state index in [2.05, 4.69) is 0 Å². The van der Waals surface area contributed by atoms with Crippen LogP contribution in [-0.4, -0.2) is 33.4 Å². The molecule has 0 radical (unpaired) electrons. The van der Waals surface area contributed by atoms with Crippen molar-refractivity contribution in [1.82, 2.24) is 0 Å². The van der Waals surface area contributed by atoms with Crippen LogP contribution in [0.3, 0.4) is 0 Å². The molecule has 2 rings (SSSR count). The van der Waals surface area contributed by atoms with E-state index in [9.17, 15) is 29.8 Å². The summed E-state index contributed by atoms with van der Waals surface area (Å²) < 4.78 is -1.77. The quantitative estimate of drug-likeness (QED) is 0.341. The SMILES string of the molecule is O=C(c1cccc([N+](=O)[O-])c1)[Te](Cl)(Cl)C(=O)c1cccc([N+](=O)[O-])c1. The molecule has 0 aliphatic carbocycles. The molecule has 25 heavy (non-hydrogen) atoms. The average Bonchev–Trinajstić information content (AvgIpc) is 2.60. The van der Waals surface area contributed by atoms with Gasteiger partial charge in [-0.25, -0.2) is 0 Å². The number of hydrogen-bond donors (Lipinski definition) is 0. The summed E-state index contributed by atoms with van der Waals surface area (Å²) in [7, 11) is 12.2. The molecule has 130 valence electrons. The van der Waals surface area contributed by atoms with E-state index >= 15 is 0 Å². The monoisotopic (exact) mass is 500 g/mol. The van der Waals surface area contributed by atoms with Gasteiger partial charge in [-0.2, -0.15) is 0 Å². The standard InChI is InChI=1S/C14H8Cl2N2O6Te/c15-25(16,13(19)9-3-1-5-11(7-9)17(21)22)14(20)10-4-2-6-12(8-10)18(23)24/h1-8H. The zero-order valence-electron chi connectivity index (χ0n) is 12.1. The zero-order chi connectivity index (χ0) is 18.8. The Balaban J connectivity index is 2.40. The summed E-state index contributed by atoms with van der Waals surface area (Å²) in [6.07, 6.45) is 0. The number of hydrogen-bond acceptors (Lipinski definition) is 6. The Hall–Kier alpha value is -2.05. The van der Waals surface area contributed by atoms with Gasteiger partial charge in [-0.05, 0) is 0 Å². The van der Waals surface area contributed by atoms with Crippen LogP contribution in [-0.2, 0) is 0 Å². The van der Waals surface area contributed by atoms with E-state index in [-0.39, 0.29) is 22.5 Å². The van der Waals surface area contributed by atoms with E-state index < -0.39 is 33.4 Å². The van der Waals surface area contributed by atoms with Crippen molar-refractivity contribution in [3.05, 3.63) is 79.9 Å². The van der Waals surface area contributed by atoms with Crippen LogP contribution in [0.5, 0.6) is 0 Å². The van der Waals surface area contributed by atoms with E-state index in [1.54, 1.807) is 0 Å². The number of nitro benzene ring substituents is 2. The average molecular weight is 499 g/mol. The van der Waals surface area contributed by atoms with E-state index in [0.717, 1.165) is 12.1 Å². The van der Waals surface area contributed by atoms with Crippen LogP contribution in [0.4, 0.5) is 11.4 Å². The summed E-state index contributed by atoms with van der Waals surface area (Å²) in [5.74, 6) is 0. The maximum absolute atomic E-state index is 12.5. The predicted molar refractivity (Wildman–Crippen MR) is 92.3 cm³/mol. The van der Waals surface area contributed by atoms with Crippen molar-refractivity contribution in [3.8, 4) is 0 Å². The van der Waals surface area contributed by atoms with Crippen molar-refractivity contribution < 1.29 is 19.4 Å². The minimum absolute atomic E-state index is 0.154. The van der Waals surface area contributed by atoms with Crippen LogP contribution in [0.25, 0.3) is 0 Å². The molecular formula is C14H8Cl2N2O6Te. The molecule has 2 aromatic carbocycles. The number of non-ortho nitro benzene ring substituents is 2. The summed E-state index contributed by atoms with van der Waals surface area (Å²) in [4.78, 5) is 45.2. The Morgan fingerprint density at radius 2 is 1.16 bits per heavy atom. The van der Waals surface area contributed by atoms with Gasteiger partial charge in [-0.3, -0.25) is 0 Å². The fourth-order valence-electron chi connectivity index (χ4n) is 1.87. The molecule has 0 saturated heterocycles. The first-order valence-corrected chi connectivity index (χ1v) is 14.7. The second kappa shape index (κ2) is 7.45. The summed E-state index contributed by atoms with van der Waals surface area (Å²) in [6, 6.07) is 9.39. The number of rotatable bonds is 6. The Kier molecular flexibility index (Phi) is 5.75. The number of halogens is 2. The van der Waals surface area contributed by atoms with Crippen molar-refractivity contribution >= 4 is 52.9 Å². The number of benzene rings is 2. The first kappa shape index (κ1) is 19.3. The van der Waals surface area contributed by atoms with Crippen LogP contribution in [0.15, 0.2) is 48.5 Å². The molecule has 0 aliphatic rings. The first-order valence-electron chi connectivity index (χ1n) is 6.45. The fraction of sp³-hybridized carbons (Fsp3) is 0. The van der Waals surface area contributed by atoms with E-state index in [1.165, 1.54) is 36.4 Å². The van der Waals surface area contributed by atoms with Gasteiger partial charge in [0.15, 0.2) is 0 Å². The first-order chi connectivity index (χ1) is 11.6. The molecule has 0 bridgehead atoms. The zero-order valence-corrected chi connectivity index (χ0v) is 16.0. The molecule has 0 saturated carbocycles. The van der Waals surface area contributed by atoms with Crippen molar-refractivity contribution in [1.29, 1.82) is 0 Å². The molecule has 11 heteroatoms. The van der Waals surface area contributed by atoms with Gasteiger partial charge in [0, 0.05) is 0 Å². The molecule has 0 unspecified atom stereocenters. The van der Waals surface area contributed by atoms with Gasteiger partial charge in [0.05, 0.1) is 0 Å². The van der Waals surface area contributed by atoms with Gasteiger partial charge in [-0.1, -0.05) is 0 Å². The molecule has 0 fully saturated rings. The van der Waals surface area contributed by atoms with Crippen LogP contribution in [0, 0.1) is 20.2 Å². The Morgan fingerprint density at radius 1 is 0.800 bits per heavy atom. The molecule has 0 heterocycles. The molecule has 2 aromatic rings. The molecule has 0 aliphatic heterocycles. The van der Waals surface area contributed by atoms with E-state index in [4.69, 9.17) is 17.9 Å². The van der Waals surface area contributed by atoms with Gasteiger partial charge in [0.1, 0.15) is 0 Å². The minimum atomic E-state index is -4.91. The second-order valence-corrected chi connectivity index (χ2v) is 16.7. The topological polar surface area (TPSA) is 120 Å². The predicted octanol–water partition coefficient (Wildman–Crippen LogP) is 3.57. The number of nitrogens with zero attached hydrogens (tertiary/aromatic N) is 2.